The van der Waals surface area contributed by atoms with Gasteiger partial charge in [-0.15, -0.1) is 0 Å². The Morgan fingerprint density at radius 1 is 1.10 bits per heavy atom. The molecule has 3 heteroatoms. The van der Waals surface area contributed by atoms with Crippen LogP contribution in [-0.4, -0.2) is 12.1 Å². The van der Waals surface area contributed by atoms with Gasteiger partial charge in [-0.3, -0.25) is 0 Å². The lowest BCUT2D eigenvalue weighted by atomic mass is 10.0. The molecule has 0 spiro atoms. The lowest BCUT2D eigenvalue weighted by Crippen LogP contribution is -1.85. The van der Waals surface area contributed by atoms with E-state index in [-0.39, 0.29) is 0 Å². The summed E-state index contributed by atoms with van der Waals surface area (Å²) in [4.78, 5) is 4.58. The molecule has 0 bridgehead atoms. The topological polar surface area (TPSA) is 35.3 Å². The van der Waals surface area contributed by atoms with Crippen LogP contribution in [0.15, 0.2) is 46.9 Å². The molecule has 3 rings (SSSR count). The largest absolute Gasteiger partial charge is 0.497 e. The normalized spacial score (nSPS) is 11.2. The fourth-order valence-electron chi connectivity index (χ4n) is 2.18. The van der Waals surface area contributed by atoms with E-state index in [0.717, 1.165) is 22.4 Å². The Morgan fingerprint density at radius 2 is 1.95 bits per heavy atom. The standard InChI is InChI=1S/C17H17NO2/c1-11(2)12-7-8-16-15(10-12)18-17(20-16)13-5-4-6-14(9-13)19-3/h4-11H,1-3H3. The second-order valence-corrected chi connectivity index (χ2v) is 5.13. The van der Waals surface area contributed by atoms with Crippen molar-refractivity contribution in [3.63, 3.8) is 0 Å². The Kier molecular flexibility index (Phi) is 3.18. The van der Waals surface area contributed by atoms with Gasteiger partial charge < -0.3 is 9.15 Å². The minimum absolute atomic E-state index is 0.483. The average molecular weight is 267 g/mol. The number of fused-ring (bicyclic) bond motifs is 1. The Balaban J connectivity index is 2.08. The molecule has 3 nitrogen and oxygen atoms in total. The third kappa shape index (κ3) is 2.27. The van der Waals surface area contributed by atoms with Gasteiger partial charge in [-0.05, 0) is 41.8 Å². The highest BCUT2D eigenvalue weighted by Gasteiger charge is 2.10. The molecule has 0 unspecified atom stereocenters. The van der Waals surface area contributed by atoms with Gasteiger partial charge in [0.05, 0.1) is 7.11 Å². The van der Waals surface area contributed by atoms with E-state index in [4.69, 9.17) is 9.15 Å². The van der Waals surface area contributed by atoms with E-state index in [2.05, 4.69) is 31.0 Å². The monoisotopic (exact) mass is 267 g/mol. The Hall–Kier alpha value is -2.29. The van der Waals surface area contributed by atoms with E-state index in [1.54, 1.807) is 7.11 Å². The SMILES string of the molecule is COc1cccc(-c2nc3cc(C(C)C)ccc3o2)c1. The van der Waals surface area contributed by atoms with Crippen molar-refractivity contribution >= 4 is 11.1 Å². The molecule has 3 aromatic rings. The van der Waals surface area contributed by atoms with Crippen LogP contribution < -0.4 is 4.74 Å². The lowest BCUT2D eigenvalue weighted by Gasteiger charge is -2.02. The second kappa shape index (κ2) is 5.00. The highest BCUT2D eigenvalue weighted by molar-refractivity contribution is 5.77. The third-order valence-corrected chi connectivity index (χ3v) is 3.39. The van der Waals surface area contributed by atoms with Gasteiger partial charge >= 0.3 is 0 Å². The summed E-state index contributed by atoms with van der Waals surface area (Å²) in [6.07, 6.45) is 0. The molecule has 0 amide bonds. The zero-order valence-electron chi connectivity index (χ0n) is 11.9. The van der Waals surface area contributed by atoms with Crippen LogP contribution in [0.3, 0.4) is 0 Å². The fourth-order valence-corrected chi connectivity index (χ4v) is 2.18. The van der Waals surface area contributed by atoms with Gasteiger partial charge in [0.2, 0.25) is 5.89 Å². The van der Waals surface area contributed by atoms with Crippen LogP contribution in [0.4, 0.5) is 0 Å². The first kappa shape index (κ1) is 12.7. The van der Waals surface area contributed by atoms with Gasteiger partial charge in [-0.25, -0.2) is 4.98 Å². The molecule has 0 fully saturated rings. The molecule has 0 atom stereocenters. The van der Waals surface area contributed by atoms with Gasteiger partial charge in [0.1, 0.15) is 11.3 Å². The van der Waals surface area contributed by atoms with Crippen LogP contribution in [0.5, 0.6) is 5.75 Å². The van der Waals surface area contributed by atoms with Gasteiger partial charge in [-0.1, -0.05) is 26.0 Å². The zero-order chi connectivity index (χ0) is 14.1. The van der Waals surface area contributed by atoms with Crippen LogP contribution >= 0.6 is 0 Å². The van der Waals surface area contributed by atoms with Gasteiger partial charge in [0, 0.05) is 5.56 Å². The second-order valence-electron chi connectivity index (χ2n) is 5.13. The molecular formula is C17H17NO2. The summed E-state index contributed by atoms with van der Waals surface area (Å²) in [5, 5.41) is 0. The van der Waals surface area contributed by atoms with E-state index in [9.17, 15) is 0 Å². The molecule has 0 aliphatic heterocycles. The zero-order valence-corrected chi connectivity index (χ0v) is 11.9. The summed E-state index contributed by atoms with van der Waals surface area (Å²) in [7, 11) is 1.65. The summed E-state index contributed by atoms with van der Waals surface area (Å²) in [6.45, 7) is 4.34. The molecule has 0 saturated carbocycles. The van der Waals surface area contributed by atoms with Crippen LogP contribution in [-0.2, 0) is 0 Å². The van der Waals surface area contributed by atoms with Gasteiger partial charge in [0.25, 0.3) is 0 Å². The number of hydrogen-bond donors (Lipinski definition) is 0. The summed E-state index contributed by atoms with van der Waals surface area (Å²) in [5.74, 6) is 1.91. The summed E-state index contributed by atoms with van der Waals surface area (Å²) < 4.78 is 11.1. The van der Waals surface area contributed by atoms with Crippen molar-refractivity contribution in [2.75, 3.05) is 7.11 Å². The number of nitrogens with zero attached hydrogens (tertiary/aromatic N) is 1. The molecule has 0 N–H and O–H groups in total. The summed E-state index contributed by atoms with van der Waals surface area (Å²) in [6, 6.07) is 13.9. The van der Waals surface area contributed by atoms with Crippen LogP contribution in [0, 0.1) is 0 Å². The van der Waals surface area contributed by atoms with Crippen LogP contribution in [0.25, 0.3) is 22.6 Å². The molecular weight excluding hydrogens is 250 g/mol. The molecule has 2 aromatic carbocycles. The van der Waals surface area contributed by atoms with Crippen LogP contribution in [0.1, 0.15) is 25.3 Å². The number of ether oxygens (including phenoxy) is 1. The first-order chi connectivity index (χ1) is 9.67. The van der Waals surface area contributed by atoms with Crippen molar-refractivity contribution in [3.8, 4) is 17.2 Å². The van der Waals surface area contributed by atoms with E-state index < -0.39 is 0 Å². The average Bonchev–Trinajstić information content (AvgIpc) is 2.90. The van der Waals surface area contributed by atoms with Gasteiger partial charge in [0.15, 0.2) is 5.58 Å². The van der Waals surface area contributed by atoms with E-state index in [0.29, 0.717) is 11.8 Å². The predicted octanol–water partition coefficient (Wildman–Crippen LogP) is 4.63. The molecule has 0 aliphatic carbocycles. The number of oxazole rings is 1. The first-order valence-corrected chi connectivity index (χ1v) is 6.72. The summed E-state index contributed by atoms with van der Waals surface area (Å²) >= 11 is 0. The molecule has 1 heterocycles. The maximum Gasteiger partial charge on any atom is 0.227 e. The highest BCUT2D eigenvalue weighted by Crippen LogP contribution is 2.28. The smallest absolute Gasteiger partial charge is 0.227 e. The molecule has 20 heavy (non-hydrogen) atoms. The van der Waals surface area contributed by atoms with Crippen molar-refractivity contribution in [2.24, 2.45) is 0 Å². The number of aromatic nitrogens is 1. The number of methoxy groups -OCH3 is 1. The van der Waals surface area contributed by atoms with E-state index in [1.165, 1.54) is 5.56 Å². The lowest BCUT2D eigenvalue weighted by molar-refractivity contribution is 0.415. The van der Waals surface area contributed by atoms with Crippen molar-refractivity contribution in [1.82, 2.24) is 4.98 Å². The maximum atomic E-state index is 5.82. The van der Waals surface area contributed by atoms with Crippen molar-refractivity contribution in [1.29, 1.82) is 0 Å². The molecule has 0 saturated heterocycles. The number of hydrogen-bond acceptors (Lipinski definition) is 3. The molecule has 102 valence electrons. The van der Waals surface area contributed by atoms with Crippen LogP contribution in [0.2, 0.25) is 0 Å². The minimum Gasteiger partial charge on any atom is -0.497 e. The van der Waals surface area contributed by atoms with E-state index >= 15 is 0 Å². The molecule has 1 aromatic heterocycles. The van der Waals surface area contributed by atoms with Crippen molar-refractivity contribution < 1.29 is 9.15 Å². The maximum absolute atomic E-state index is 5.82. The third-order valence-electron chi connectivity index (χ3n) is 3.39. The van der Waals surface area contributed by atoms with Crippen molar-refractivity contribution in [3.05, 3.63) is 48.0 Å². The van der Waals surface area contributed by atoms with Crippen molar-refractivity contribution in [2.45, 2.75) is 19.8 Å². The Morgan fingerprint density at radius 3 is 2.70 bits per heavy atom. The van der Waals surface area contributed by atoms with E-state index in [1.807, 2.05) is 30.3 Å². The summed E-state index contributed by atoms with van der Waals surface area (Å²) in [5.41, 5.74) is 3.90. The van der Waals surface area contributed by atoms with Gasteiger partial charge in [-0.2, -0.15) is 0 Å². The quantitative estimate of drug-likeness (QED) is 0.694. The Labute approximate surface area is 118 Å². The molecule has 0 aliphatic rings. The predicted molar refractivity (Wildman–Crippen MR) is 80.1 cm³/mol. The Bertz CT molecular complexity index is 744. The number of benzene rings is 2. The minimum atomic E-state index is 0.483. The molecule has 0 radical (unpaired) electrons. The highest BCUT2D eigenvalue weighted by atomic mass is 16.5. The first-order valence-electron chi connectivity index (χ1n) is 6.72. The fraction of sp³-hybridized carbons (Fsp3) is 0.235. The number of rotatable bonds is 3.